The number of carboxylic acids is 1. The molecule has 0 saturated carbocycles. The molecule has 0 unspecified atom stereocenters. The van der Waals surface area contributed by atoms with Crippen LogP contribution in [-0.2, 0) is 16.0 Å². The number of ether oxygens (including phenoxy) is 2. The molecule has 4 rings (SSSR count). The van der Waals surface area contributed by atoms with Crippen molar-refractivity contribution in [3.63, 3.8) is 0 Å². The Balaban J connectivity index is 1.72. The number of rotatable bonds is 8. The van der Waals surface area contributed by atoms with Gasteiger partial charge in [-0.25, -0.2) is 14.1 Å². The zero-order chi connectivity index (χ0) is 26.5. The molecule has 37 heavy (non-hydrogen) atoms. The van der Waals surface area contributed by atoms with Gasteiger partial charge in [0.25, 0.3) is 0 Å². The van der Waals surface area contributed by atoms with Crippen LogP contribution in [0.2, 0.25) is 0 Å². The summed E-state index contributed by atoms with van der Waals surface area (Å²) in [5.41, 5.74) is 3.72. The molecule has 0 aliphatic carbocycles. The second-order valence-electron chi connectivity index (χ2n) is 8.14. The lowest BCUT2D eigenvalue weighted by atomic mass is 10.0. The van der Waals surface area contributed by atoms with Crippen molar-refractivity contribution in [3.8, 4) is 28.2 Å². The van der Waals surface area contributed by atoms with Crippen LogP contribution in [0.3, 0.4) is 0 Å². The van der Waals surface area contributed by atoms with Crippen molar-refractivity contribution < 1.29 is 33.1 Å². The van der Waals surface area contributed by atoms with Crippen LogP contribution in [0.15, 0.2) is 71.3 Å². The van der Waals surface area contributed by atoms with E-state index in [0.717, 1.165) is 16.0 Å². The standard InChI is InChI=1S/C28H25FN2O6/c1-4-36-28(34)31(24-14-13-22(35-3)16-23(24)29)26-17(2)30-37-27(26)21-11-9-20(10-12-21)19-7-5-18(6-8-19)15-25(32)33/h5-14,16H,4,15H2,1-3H3,(H,32,33). The lowest BCUT2D eigenvalue weighted by molar-refractivity contribution is -0.136. The van der Waals surface area contributed by atoms with E-state index in [2.05, 4.69) is 5.16 Å². The molecule has 1 heterocycles. The Bertz CT molecular complexity index is 1410. The Morgan fingerprint density at radius 3 is 2.19 bits per heavy atom. The number of methoxy groups -OCH3 is 1. The van der Waals surface area contributed by atoms with Crippen molar-refractivity contribution in [2.45, 2.75) is 20.3 Å². The maximum absolute atomic E-state index is 15.1. The zero-order valence-corrected chi connectivity index (χ0v) is 20.5. The minimum absolute atomic E-state index is 0.0372. The van der Waals surface area contributed by atoms with E-state index in [0.29, 0.717) is 22.6 Å². The van der Waals surface area contributed by atoms with Crippen LogP contribution in [0, 0.1) is 12.7 Å². The van der Waals surface area contributed by atoms with E-state index in [-0.39, 0.29) is 30.2 Å². The third-order valence-corrected chi connectivity index (χ3v) is 5.69. The number of aryl methyl sites for hydroxylation is 1. The number of carbonyl (C=O) groups is 2. The molecule has 0 aliphatic heterocycles. The molecule has 0 atom stereocenters. The van der Waals surface area contributed by atoms with Crippen molar-refractivity contribution in [2.24, 2.45) is 0 Å². The van der Waals surface area contributed by atoms with Gasteiger partial charge in [-0.2, -0.15) is 0 Å². The molecule has 4 aromatic rings. The first-order chi connectivity index (χ1) is 17.8. The van der Waals surface area contributed by atoms with Crippen LogP contribution in [-0.4, -0.2) is 36.0 Å². The Hall–Kier alpha value is -4.66. The molecule has 8 nitrogen and oxygen atoms in total. The Morgan fingerprint density at radius 2 is 1.62 bits per heavy atom. The van der Waals surface area contributed by atoms with Crippen LogP contribution in [0.1, 0.15) is 18.2 Å². The van der Waals surface area contributed by atoms with Gasteiger partial charge >= 0.3 is 12.1 Å². The predicted octanol–water partition coefficient (Wildman–Crippen LogP) is 6.39. The molecule has 0 spiro atoms. The Labute approximate surface area is 212 Å². The van der Waals surface area contributed by atoms with E-state index in [4.69, 9.17) is 19.1 Å². The lowest BCUT2D eigenvalue weighted by Crippen LogP contribution is -2.28. The van der Waals surface area contributed by atoms with Gasteiger partial charge < -0.3 is 19.1 Å². The molecule has 1 amide bonds. The highest BCUT2D eigenvalue weighted by molar-refractivity contribution is 6.00. The summed E-state index contributed by atoms with van der Waals surface area (Å²) >= 11 is 0. The van der Waals surface area contributed by atoms with Gasteiger partial charge in [-0.15, -0.1) is 0 Å². The topological polar surface area (TPSA) is 102 Å². The van der Waals surface area contributed by atoms with E-state index in [9.17, 15) is 9.59 Å². The summed E-state index contributed by atoms with van der Waals surface area (Å²) in [6.45, 7) is 3.41. The SMILES string of the molecule is CCOC(=O)N(c1ccc(OC)cc1F)c1c(C)noc1-c1ccc(-c2ccc(CC(=O)O)cc2)cc1. The maximum Gasteiger partial charge on any atom is 0.419 e. The highest BCUT2D eigenvalue weighted by Gasteiger charge is 2.30. The van der Waals surface area contributed by atoms with Crippen molar-refractivity contribution >= 4 is 23.4 Å². The minimum Gasteiger partial charge on any atom is -0.497 e. The van der Waals surface area contributed by atoms with E-state index in [1.165, 1.54) is 19.2 Å². The summed E-state index contributed by atoms with van der Waals surface area (Å²) < 4.78 is 31.0. The maximum atomic E-state index is 15.1. The fourth-order valence-corrected chi connectivity index (χ4v) is 3.92. The number of aliphatic carboxylic acids is 1. The van der Waals surface area contributed by atoms with E-state index in [1.54, 1.807) is 44.2 Å². The molecular formula is C28H25FN2O6. The summed E-state index contributed by atoms with van der Waals surface area (Å²) in [5.74, 6) is -0.995. The smallest absolute Gasteiger partial charge is 0.419 e. The predicted molar refractivity (Wildman–Crippen MR) is 136 cm³/mol. The average molecular weight is 505 g/mol. The van der Waals surface area contributed by atoms with Gasteiger partial charge in [0.15, 0.2) is 11.6 Å². The summed E-state index contributed by atoms with van der Waals surface area (Å²) in [4.78, 5) is 25.0. The zero-order valence-electron chi connectivity index (χ0n) is 20.5. The molecule has 0 bridgehead atoms. The number of benzene rings is 3. The number of carbonyl (C=O) groups excluding carboxylic acids is 1. The first kappa shape index (κ1) is 25.4. The summed E-state index contributed by atoms with van der Waals surface area (Å²) in [7, 11) is 1.42. The van der Waals surface area contributed by atoms with Gasteiger partial charge in [0, 0.05) is 11.6 Å². The number of hydrogen-bond acceptors (Lipinski definition) is 6. The molecule has 190 valence electrons. The number of hydrogen-bond donors (Lipinski definition) is 1. The van der Waals surface area contributed by atoms with Gasteiger partial charge in [0.05, 0.1) is 25.8 Å². The average Bonchev–Trinajstić information content (AvgIpc) is 3.26. The fourth-order valence-electron chi connectivity index (χ4n) is 3.92. The van der Waals surface area contributed by atoms with Gasteiger partial charge in [-0.3, -0.25) is 4.79 Å². The van der Waals surface area contributed by atoms with Crippen LogP contribution < -0.4 is 9.64 Å². The molecule has 0 aliphatic rings. The quantitative estimate of drug-likeness (QED) is 0.297. The van der Waals surface area contributed by atoms with Crippen LogP contribution in [0.25, 0.3) is 22.5 Å². The minimum atomic E-state index is -0.887. The van der Waals surface area contributed by atoms with Gasteiger partial charge in [0.2, 0.25) is 0 Å². The summed E-state index contributed by atoms with van der Waals surface area (Å²) in [5, 5.41) is 13.0. The normalized spacial score (nSPS) is 10.7. The van der Waals surface area contributed by atoms with Crippen molar-refractivity contribution in [2.75, 3.05) is 18.6 Å². The number of halogens is 1. The second kappa shape index (κ2) is 10.9. The Kier molecular flexibility index (Phi) is 7.52. The van der Waals surface area contributed by atoms with E-state index < -0.39 is 17.9 Å². The van der Waals surface area contributed by atoms with E-state index in [1.807, 2.05) is 24.3 Å². The molecular weight excluding hydrogens is 479 g/mol. The molecule has 0 saturated heterocycles. The van der Waals surface area contributed by atoms with Gasteiger partial charge in [-0.1, -0.05) is 53.7 Å². The van der Waals surface area contributed by atoms with Crippen molar-refractivity contribution in [3.05, 3.63) is 83.8 Å². The largest absolute Gasteiger partial charge is 0.497 e. The van der Waals surface area contributed by atoms with Gasteiger partial charge in [0.1, 0.15) is 17.1 Å². The molecule has 9 heteroatoms. The van der Waals surface area contributed by atoms with Crippen molar-refractivity contribution in [1.82, 2.24) is 5.16 Å². The molecule has 0 radical (unpaired) electrons. The van der Waals surface area contributed by atoms with Gasteiger partial charge in [-0.05, 0) is 42.7 Å². The van der Waals surface area contributed by atoms with E-state index >= 15 is 4.39 Å². The van der Waals surface area contributed by atoms with Crippen LogP contribution >= 0.6 is 0 Å². The third kappa shape index (κ3) is 5.45. The Morgan fingerprint density at radius 1 is 1.00 bits per heavy atom. The number of carboxylic acid groups (broad SMARTS) is 1. The monoisotopic (exact) mass is 504 g/mol. The molecule has 1 N–H and O–H groups in total. The number of nitrogens with zero attached hydrogens (tertiary/aromatic N) is 2. The van der Waals surface area contributed by atoms with Crippen LogP contribution in [0.5, 0.6) is 5.75 Å². The lowest BCUT2D eigenvalue weighted by Gasteiger charge is -2.22. The molecule has 3 aromatic carbocycles. The molecule has 1 aromatic heterocycles. The van der Waals surface area contributed by atoms with Crippen LogP contribution in [0.4, 0.5) is 20.6 Å². The number of amides is 1. The number of anilines is 2. The number of aromatic nitrogens is 1. The third-order valence-electron chi connectivity index (χ3n) is 5.69. The highest BCUT2D eigenvalue weighted by atomic mass is 19.1. The highest BCUT2D eigenvalue weighted by Crippen LogP contribution is 2.40. The summed E-state index contributed by atoms with van der Waals surface area (Å²) in [6.07, 6.45) is -0.823. The first-order valence-electron chi connectivity index (χ1n) is 11.5. The molecule has 0 fully saturated rings. The second-order valence-corrected chi connectivity index (χ2v) is 8.14. The summed E-state index contributed by atoms with van der Waals surface area (Å²) in [6, 6.07) is 18.8. The fraction of sp³-hybridized carbons (Fsp3) is 0.179. The first-order valence-corrected chi connectivity index (χ1v) is 11.5. The van der Waals surface area contributed by atoms with Crippen molar-refractivity contribution in [1.29, 1.82) is 0 Å².